The van der Waals surface area contributed by atoms with Gasteiger partial charge in [-0.25, -0.2) is 0 Å². The van der Waals surface area contributed by atoms with Gasteiger partial charge in [-0.15, -0.1) is 0 Å². The van der Waals surface area contributed by atoms with Gasteiger partial charge in [0.05, 0.1) is 18.0 Å². The van der Waals surface area contributed by atoms with Crippen LogP contribution in [0.15, 0.2) is 18.2 Å². The van der Waals surface area contributed by atoms with Gasteiger partial charge in [0.25, 0.3) is 0 Å². The molecule has 0 aliphatic heterocycles. The van der Waals surface area contributed by atoms with E-state index >= 15 is 0 Å². The number of benzene rings is 1. The summed E-state index contributed by atoms with van der Waals surface area (Å²) in [5.74, 6) is 0. The first-order chi connectivity index (χ1) is 8.69. The van der Waals surface area contributed by atoms with E-state index in [-0.39, 0.29) is 6.61 Å². The van der Waals surface area contributed by atoms with Gasteiger partial charge < -0.3 is 15.7 Å². The van der Waals surface area contributed by atoms with Gasteiger partial charge in [-0.1, -0.05) is 6.07 Å². The molecule has 0 aromatic heterocycles. The molecule has 0 amide bonds. The van der Waals surface area contributed by atoms with Crippen molar-refractivity contribution in [1.82, 2.24) is 0 Å². The number of hydrogen-bond donors (Lipinski definition) is 4. The maximum absolute atomic E-state index is 8.91. The molecule has 0 radical (unpaired) electrons. The smallest absolute Gasteiger partial charge is 0.394 e. The van der Waals surface area contributed by atoms with Crippen LogP contribution in [0.25, 0.3) is 0 Å². The van der Waals surface area contributed by atoms with Crippen LogP contribution in [0.1, 0.15) is 12.5 Å². The molecule has 8 heteroatoms. The Labute approximate surface area is 113 Å². The molecule has 0 fully saturated rings. The van der Waals surface area contributed by atoms with Crippen molar-refractivity contribution in [3.05, 3.63) is 23.8 Å². The lowest BCUT2D eigenvalue weighted by Crippen LogP contribution is -2.27. The summed E-state index contributed by atoms with van der Waals surface area (Å²) in [5, 5.41) is 8.91. The van der Waals surface area contributed by atoms with Gasteiger partial charge in [-0.2, -0.15) is 8.42 Å². The first kappa shape index (κ1) is 17.6. The minimum Gasteiger partial charge on any atom is -0.397 e. The number of nitrogen functional groups attached to an aromatic ring is 1. The Hall–Kier alpha value is -1.35. The average Bonchev–Trinajstić information content (AvgIpc) is 2.27. The van der Waals surface area contributed by atoms with Gasteiger partial charge in [0.15, 0.2) is 0 Å². The molecule has 0 spiro atoms. The van der Waals surface area contributed by atoms with Crippen LogP contribution in [0.5, 0.6) is 0 Å². The third-order valence-corrected chi connectivity index (χ3v) is 2.28. The highest BCUT2D eigenvalue weighted by Crippen LogP contribution is 2.23. The van der Waals surface area contributed by atoms with Crippen molar-refractivity contribution in [2.45, 2.75) is 13.8 Å². The zero-order valence-corrected chi connectivity index (χ0v) is 11.8. The zero-order valence-electron chi connectivity index (χ0n) is 10.9. The van der Waals surface area contributed by atoms with E-state index in [1.165, 1.54) is 5.56 Å². The predicted octanol–water partition coefficient (Wildman–Crippen LogP) is 0.743. The van der Waals surface area contributed by atoms with Crippen molar-refractivity contribution in [2.24, 2.45) is 0 Å². The van der Waals surface area contributed by atoms with Crippen LogP contribution in [0.2, 0.25) is 0 Å². The van der Waals surface area contributed by atoms with Crippen LogP contribution in [-0.2, 0) is 10.4 Å². The number of aliphatic hydroxyl groups is 1. The number of rotatable bonds is 4. The van der Waals surface area contributed by atoms with Gasteiger partial charge in [0, 0.05) is 13.1 Å². The SMILES string of the molecule is CCN(CCO)c1cc(C)ccc1N.O=S(=O)(O)O. The standard InChI is InChI=1S/C11H18N2O.H2O4S/c1-3-13(6-7-14)11-8-9(2)4-5-10(11)12;1-5(2,3)4/h4-5,8,14H,3,6-7,12H2,1-2H3;(H2,1,2,3,4). The van der Waals surface area contributed by atoms with Crippen molar-refractivity contribution in [1.29, 1.82) is 0 Å². The first-order valence-electron chi connectivity index (χ1n) is 5.60. The van der Waals surface area contributed by atoms with E-state index in [4.69, 9.17) is 28.4 Å². The summed E-state index contributed by atoms with van der Waals surface area (Å²) in [7, 11) is -4.67. The maximum Gasteiger partial charge on any atom is 0.394 e. The molecule has 5 N–H and O–H groups in total. The van der Waals surface area contributed by atoms with E-state index in [0.29, 0.717) is 6.54 Å². The van der Waals surface area contributed by atoms with Crippen molar-refractivity contribution in [2.75, 3.05) is 30.3 Å². The maximum atomic E-state index is 8.91. The minimum absolute atomic E-state index is 0.154. The van der Waals surface area contributed by atoms with E-state index in [9.17, 15) is 0 Å². The third kappa shape index (κ3) is 8.38. The van der Waals surface area contributed by atoms with Crippen molar-refractivity contribution in [3.8, 4) is 0 Å². The molecule has 0 saturated carbocycles. The lowest BCUT2D eigenvalue weighted by atomic mass is 10.1. The summed E-state index contributed by atoms with van der Waals surface area (Å²) in [4.78, 5) is 2.07. The fourth-order valence-electron chi connectivity index (χ4n) is 1.50. The summed E-state index contributed by atoms with van der Waals surface area (Å²) in [5.41, 5.74) is 8.84. The Morgan fingerprint density at radius 1 is 1.32 bits per heavy atom. The summed E-state index contributed by atoms with van der Waals surface area (Å²) < 4.78 is 31.6. The van der Waals surface area contributed by atoms with Crippen molar-refractivity contribution >= 4 is 21.8 Å². The average molecular weight is 292 g/mol. The molecule has 0 bridgehead atoms. The monoisotopic (exact) mass is 292 g/mol. The quantitative estimate of drug-likeness (QED) is 0.476. The van der Waals surface area contributed by atoms with Gasteiger partial charge >= 0.3 is 10.4 Å². The summed E-state index contributed by atoms with van der Waals surface area (Å²) >= 11 is 0. The van der Waals surface area contributed by atoms with E-state index in [1.807, 2.05) is 19.1 Å². The predicted molar refractivity (Wildman–Crippen MR) is 74.7 cm³/mol. The van der Waals surface area contributed by atoms with Crippen LogP contribution in [0, 0.1) is 6.92 Å². The Kier molecular flexibility index (Phi) is 7.38. The molecule has 7 nitrogen and oxygen atoms in total. The molecule has 19 heavy (non-hydrogen) atoms. The molecule has 1 aromatic carbocycles. The lowest BCUT2D eigenvalue weighted by molar-refractivity contribution is 0.302. The van der Waals surface area contributed by atoms with Crippen LogP contribution in [-0.4, -0.2) is 42.3 Å². The van der Waals surface area contributed by atoms with Gasteiger partial charge in [-0.05, 0) is 31.5 Å². The lowest BCUT2D eigenvalue weighted by Gasteiger charge is -2.23. The number of nitrogens with two attached hydrogens (primary N) is 1. The summed E-state index contributed by atoms with van der Waals surface area (Å²) in [6, 6.07) is 5.95. The topological polar surface area (TPSA) is 124 Å². The number of hydrogen-bond acceptors (Lipinski definition) is 5. The van der Waals surface area contributed by atoms with Gasteiger partial charge in [0.2, 0.25) is 0 Å². The number of aliphatic hydroxyl groups excluding tert-OH is 1. The van der Waals surface area contributed by atoms with Crippen LogP contribution in [0.3, 0.4) is 0 Å². The molecule has 1 aromatic rings. The molecular weight excluding hydrogens is 272 g/mol. The summed E-state index contributed by atoms with van der Waals surface area (Å²) in [6.45, 7) is 5.73. The molecule has 0 aliphatic rings. The van der Waals surface area contributed by atoms with Crippen LogP contribution < -0.4 is 10.6 Å². The van der Waals surface area contributed by atoms with E-state index in [0.717, 1.165) is 17.9 Å². The highest BCUT2D eigenvalue weighted by Gasteiger charge is 2.06. The highest BCUT2D eigenvalue weighted by atomic mass is 32.3. The largest absolute Gasteiger partial charge is 0.397 e. The van der Waals surface area contributed by atoms with Crippen molar-refractivity contribution < 1.29 is 22.6 Å². The molecular formula is C11H20N2O5S. The molecule has 0 unspecified atom stereocenters. The molecule has 0 aliphatic carbocycles. The Balaban J connectivity index is 0.000000555. The second-order valence-electron chi connectivity index (χ2n) is 3.81. The number of aryl methyl sites for hydroxylation is 1. The molecule has 0 atom stereocenters. The van der Waals surface area contributed by atoms with E-state index in [1.54, 1.807) is 0 Å². The number of nitrogens with zero attached hydrogens (tertiary/aromatic N) is 1. The Morgan fingerprint density at radius 2 is 1.84 bits per heavy atom. The zero-order chi connectivity index (χ0) is 15.1. The Bertz CT molecular complexity index is 482. The van der Waals surface area contributed by atoms with Gasteiger partial charge in [0.1, 0.15) is 0 Å². The molecule has 0 heterocycles. The second kappa shape index (κ2) is 7.95. The molecule has 110 valence electrons. The number of likely N-dealkylation sites (N-methyl/N-ethyl adjacent to an activating group) is 1. The summed E-state index contributed by atoms with van der Waals surface area (Å²) in [6.07, 6.45) is 0. The van der Waals surface area contributed by atoms with Gasteiger partial charge in [-0.3, -0.25) is 9.11 Å². The highest BCUT2D eigenvalue weighted by molar-refractivity contribution is 7.79. The third-order valence-electron chi connectivity index (χ3n) is 2.28. The first-order valence-corrected chi connectivity index (χ1v) is 7.00. The van der Waals surface area contributed by atoms with Crippen LogP contribution in [0.4, 0.5) is 11.4 Å². The second-order valence-corrected chi connectivity index (χ2v) is 4.71. The molecule has 0 saturated heterocycles. The van der Waals surface area contributed by atoms with E-state index in [2.05, 4.69) is 17.9 Å². The van der Waals surface area contributed by atoms with E-state index < -0.39 is 10.4 Å². The fraction of sp³-hybridized carbons (Fsp3) is 0.455. The Morgan fingerprint density at radius 3 is 2.26 bits per heavy atom. The van der Waals surface area contributed by atoms with Crippen LogP contribution >= 0.6 is 0 Å². The number of anilines is 2. The van der Waals surface area contributed by atoms with Crippen molar-refractivity contribution in [3.63, 3.8) is 0 Å². The fourth-order valence-corrected chi connectivity index (χ4v) is 1.50. The normalized spacial score (nSPS) is 10.6. The minimum atomic E-state index is -4.67. The molecule has 1 rings (SSSR count).